The van der Waals surface area contributed by atoms with Crippen LogP contribution in [0.15, 0.2) is 40.5 Å². The highest BCUT2D eigenvalue weighted by molar-refractivity contribution is 9.10. The number of hydrogen-bond acceptors (Lipinski definition) is 5. The molecule has 2 rings (SSSR count). The third kappa shape index (κ3) is 3.53. The van der Waals surface area contributed by atoms with Gasteiger partial charge in [-0.25, -0.2) is 9.59 Å². The molecular formula is C16H17BrN2O5. The largest absolute Gasteiger partial charge is 0.503 e. The fraction of sp³-hybridized carbons (Fsp3) is 0.250. The molecule has 128 valence electrons. The van der Waals surface area contributed by atoms with Gasteiger partial charge in [-0.05, 0) is 40.5 Å². The summed E-state index contributed by atoms with van der Waals surface area (Å²) in [4.78, 5) is 24.2. The Hall–Kier alpha value is -2.48. The molecular weight excluding hydrogens is 380 g/mol. The fourth-order valence-electron chi connectivity index (χ4n) is 2.34. The number of phenolic OH excluding ortho intramolecular Hbond substituents is 1. The zero-order valence-corrected chi connectivity index (χ0v) is 14.8. The monoisotopic (exact) mass is 396 g/mol. The van der Waals surface area contributed by atoms with Crippen molar-refractivity contribution in [2.24, 2.45) is 0 Å². The summed E-state index contributed by atoms with van der Waals surface area (Å²) in [6, 6.07) is 1.95. The van der Waals surface area contributed by atoms with Crippen LogP contribution < -0.4 is 15.4 Å². The summed E-state index contributed by atoms with van der Waals surface area (Å²) >= 11 is 3.23. The minimum atomic E-state index is -0.748. The van der Waals surface area contributed by atoms with Gasteiger partial charge in [0.2, 0.25) is 0 Å². The number of carbonyl (C=O) groups excluding carboxylic acids is 2. The molecule has 1 heterocycles. The van der Waals surface area contributed by atoms with Gasteiger partial charge in [-0.1, -0.05) is 12.7 Å². The van der Waals surface area contributed by atoms with Crippen molar-refractivity contribution in [3.05, 3.63) is 46.1 Å². The second-order valence-corrected chi connectivity index (χ2v) is 5.87. The number of urea groups is 1. The van der Waals surface area contributed by atoms with E-state index in [1.807, 2.05) is 0 Å². The summed E-state index contributed by atoms with van der Waals surface area (Å²) in [5.74, 6) is -0.435. The van der Waals surface area contributed by atoms with Gasteiger partial charge in [-0.2, -0.15) is 0 Å². The van der Waals surface area contributed by atoms with Crippen LogP contribution in [0.25, 0.3) is 0 Å². The molecule has 1 aliphatic rings. The molecule has 1 atom stereocenters. The Balaban J connectivity index is 2.50. The summed E-state index contributed by atoms with van der Waals surface area (Å²) in [6.07, 6.45) is 1.46. The highest BCUT2D eigenvalue weighted by atomic mass is 79.9. The minimum absolute atomic E-state index is 0.0544. The average Bonchev–Trinajstić information content (AvgIpc) is 2.54. The van der Waals surface area contributed by atoms with Crippen LogP contribution in [-0.4, -0.2) is 30.8 Å². The van der Waals surface area contributed by atoms with Crippen LogP contribution in [0.2, 0.25) is 0 Å². The van der Waals surface area contributed by atoms with Crippen LogP contribution in [0.3, 0.4) is 0 Å². The molecule has 0 aliphatic carbocycles. The first kappa shape index (κ1) is 17.9. The van der Waals surface area contributed by atoms with E-state index in [0.29, 0.717) is 15.7 Å². The SMILES string of the molecule is C=CCOC(=O)C1=C(C)NC(=O)NC1c1cc(Br)c(O)c(OC)c1. The van der Waals surface area contributed by atoms with Crippen LogP contribution in [0.4, 0.5) is 4.79 Å². The number of halogens is 1. The highest BCUT2D eigenvalue weighted by Gasteiger charge is 2.33. The van der Waals surface area contributed by atoms with Crippen molar-refractivity contribution in [3.8, 4) is 11.5 Å². The number of allylic oxidation sites excluding steroid dienone is 1. The first-order valence-electron chi connectivity index (χ1n) is 7.01. The molecule has 1 aromatic carbocycles. The summed E-state index contributed by atoms with van der Waals surface area (Å²) in [5, 5.41) is 15.2. The van der Waals surface area contributed by atoms with E-state index in [0.717, 1.165) is 0 Å². The van der Waals surface area contributed by atoms with E-state index in [9.17, 15) is 14.7 Å². The van der Waals surface area contributed by atoms with E-state index < -0.39 is 18.0 Å². The van der Waals surface area contributed by atoms with E-state index in [1.165, 1.54) is 13.2 Å². The Bertz CT molecular complexity index is 729. The fourth-order valence-corrected chi connectivity index (χ4v) is 2.80. The zero-order chi connectivity index (χ0) is 17.9. The number of nitrogens with one attached hydrogen (secondary N) is 2. The van der Waals surface area contributed by atoms with Crippen molar-refractivity contribution in [2.45, 2.75) is 13.0 Å². The molecule has 0 bridgehead atoms. The third-order valence-corrected chi connectivity index (χ3v) is 4.03. The molecule has 0 aromatic heterocycles. The Labute approximate surface area is 147 Å². The highest BCUT2D eigenvalue weighted by Crippen LogP contribution is 2.39. The van der Waals surface area contributed by atoms with Crippen LogP contribution in [0.5, 0.6) is 11.5 Å². The number of rotatable bonds is 5. The Morgan fingerprint density at radius 3 is 2.83 bits per heavy atom. The lowest BCUT2D eigenvalue weighted by Gasteiger charge is -2.28. The topological polar surface area (TPSA) is 96.9 Å². The zero-order valence-electron chi connectivity index (χ0n) is 13.2. The van der Waals surface area contributed by atoms with Gasteiger partial charge in [-0.3, -0.25) is 0 Å². The van der Waals surface area contributed by atoms with Gasteiger partial charge in [0.1, 0.15) is 6.61 Å². The standard InChI is InChI=1S/C16H17BrN2O5/c1-4-5-24-15(21)12-8(2)18-16(22)19-13(12)9-6-10(17)14(20)11(7-9)23-3/h4,6-7,13,20H,1,5H2,2-3H3,(H2,18,19,22). The van der Waals surface area contributed by atoms with Crippen molar-refractivity contribution < 1.29 is 24.2 Å². The number of aromatic hydroxyl groups is 1. The minimum Gasteiger partial charge on any atom is -0.503 e. The molecule has 0 saturated carbocycles. The smallest absolute Gasteiger partial charge is 0.338 e. The Kier molecular flexibility index (Phi) is 5.50. The maximum atomic E-state index is 12.4. The van der Waals surface area contributed by atoms with Crippen molar-refractivity contribution in [1.82, 2.24) is 10.6 Å². The Morgan fingerprint density at radius 1 is 1.50 bits per heavy atom. The lowest BCUT2D eigenvalue weighted by Crippen LogP contribution is -2.45. The number of benzene rings is 1. The van der Waals surface area contributed by atoms with Gasteiger partial charge in [0, 0.05) is 5.70 Å². The first-order chi connectivity index (χ1) is 11.4. The lowest BCUT2D eigenvalue weighted by atomic mass is 9.95. The Morgan fingerprint density at radius 2 is 2.21 bits per heavy atom. The normalized spacial score (nSPS) is 17.0. The average molecular weight is 397 g/mol. The van der Waals surface area contributed by atoms with E-state index in [4.69, 9.17) is 9.47 Å². The number of hydrogen-bond donors (Lipinski definition) is 3. The molecule has 0 radical (unpaired) electrons. The molecule has 0 spiro atoms. The van der Waals surface area contributed by atoms with E-state index >= 15 is 0 Å². The summed E-state index contributed by atoms with van der Waals surface area (Å²) in [7, 11) is 1.41. The quantitative estimate of drug-likeness (QED) is 0.524. The van der Waals surface area contributed by atoms with E-state index in [2.05, 4.69) is 33.1 Å². The molecule has 8 heteroatoms. The van der Waals surface area contributed by atoms with Gasteiger partial charge in [0.25, 0.3) is 0 Å². The maximum absolute atomic E-state index is 12.4. The van der Waals surface area contributed by atoms with Crippen LogP contribution in [0.1, 0.15) is 18.5 Å². The maximum Gasteiger partial charge on any atom is 0.338 e. The number of amides is 2. The number of methoxy groups -OCH3 is 1. The lowest BCUT2D eigenvalue weighted by molar-refractivity contribution is -0.138. The van der Waals surface area contributed by atoms with Crippen molar-refractivity contribution >= 4 is 27.9 Å². The first-order valence-corrected chi connectivity index (χ1v) is 7.81. The van der Waals surface area contributed by atoms with Gasteiger partial charge >= 0.3 is 12.0 Å². The van der Waals surface area contributed by atoms with Gasteiger partial charge < -0.3 is 25.2 Å². The van der Waals surface area contributed by atoms with Crippen molar-refractivity contribution in [1.29, 1.82) is 0 Å². The molecule has 1 unspecified atom stereocenters. The molecule has 1 aliphatic heterocycles. The van der Waals surface area contributed by atoms with Crippen LogP contribution >= 0.6 is 15.9 Å². The van der Waals surface area contributed by atoms with Gasteiger partial charge in [0.15, 0.2) is 11.5 Å². The molecule has 0 saturated heterocycles. The van der Waals surface area contributed by atoms with Gasteiger partial charge in [0.05, 0.1) is 23.2 Å². The summed E-state index contributed by atoms with van der Waals surface area (Å²) < 4.78 is 10.6. The number of carbonyl (C=O) groups is 2. The summed E-state index contributed by atoms with van der Waals surface area (Å²) in [5.41, 5.74) is 1.20. The predicted molar refractivity (Wildman–Crippen MR) is 90.6 cm³/mol. The van der Waals surface area contributed by atoms with E-state index in [1.54, 1.807) is 19.1 Å². The second-order valence-electron chi connectivity index (χ2n) is 5.01. The third-order valence-electron chi connectivity index (χ3n) is 3.43. The molecule has 24 heavy (non-hydrogen) atoms. The van der Waals surface area contributed by atoms with Crippen LogP contribution in [0, 0.1) is 0 Å². The van der Waals surface area contributed by atoms with Crippen molar-refractivity contribution in [3.63, 3.8) is 0 Å². The number of esters is 1. The van der Waals surface area contributed by atoms with Crippen molar-refractivity contribution in [2.75, 3.05) is 13.7 Å². The van der Waals surface area contributed by atoms with E-state index in [-0.39, 0.29) is 23.7 Å². The molecule has 7 nitrogen and oxygen atoms in total. The predicted octanol–water partition coefficient (Wildman–Crippen LogP) is 2.52. The molecule has 2 amide bonds. The molecule has 0 fully saturated rings. The number of ether oxygens (including phenoxy) is 2. The summed E-state index contributed by atoms with van der Waals surface area (Å²) in [6.45, 7) is 5.17. The van der Waals surface area contributed by atoms with Crippen LogP contribution in [-0.2, 0) is 9.53 Å². The second kappa shape index (κ2) is 7.39. The molecule has 1 aromatic rings. The molecule has 3 N–H and O–H groups in total. The number of phenols is 1. The van der Waals surface area contributed by atoms with Gasteiger partial charge in [-0.15, -0.1) is 0 Å².